The second kappa shape index (κ2) is 8.33. The Balaban J connectivity index is 0. The molecule has 0 bridgehead atoms. The Morgan fingerprint density at radius 3 is 2.64 bits per heavy atom. The smallest absolute Gasteiger partial charge is 0.405 e. The first-order valence-electron chi connectivity index (χ1n) is 3.30. The van der Waals surface area contributed by atoms with E-state index >= 15 is 0 Å². The predicted molar refractivity (Wildman–Crippen MR) is 53.7 cm³/mol. The molecule has 0 radical (unpaired) electrons. The van der Waals surface area contributed by atoms with Crippen molar-refractivity contribution in [2.45, 2.75) is 31.1 Å². The minimum absolute atomic E-state index is 0. The number of rotatable bonds is 4. The van der Waals surface area contributed by atoms with Gasteiger partial charge in [0.1, 0.15) is 0 Å². The third kappa shape index (κ3) is 10.2. The van der Waals surface area contributed by atoms with Gasteiger partial charge in [-0.15, -0.1) is 17.0 Å². The molecule has 1 atom stereocenters. The SMILES string of the molecule is Br.CCCCC(Br)NC(=O)O. The van der Waals surface area contributed by atoms with Crippen molar-refractivity contribution in [1.82, 2.24) is 5.32 Å². The van der Waals surface area contributed by atoms with Gasteiger partial charge in [0.25, 0.3) is 0 Å². The van der Waals surface area contributed by atoms with Crippen LogP contribution in [0.4, 0.5) is 4.79 Å². The van der Waals surface area contributed by atoms with Gasteiger partial charge in [0.05, 0.1) is 4.95 Å². The zero-order valence-electron chi connectivity index (χ0n) is 6.34. The highest BCUT2D eigenvalue weighted by molar-refractivity contribution is 9.09. The van der Waals surface area contributed by atoms with Gasteiger partial charge in [0.15, 0.2) is 0 Å². The maximum Gasteiger partial charge on any atom is 0.405 e. The number of hydrogen-bond acceptors (Lipinski definition) is 1. The number of halogens is 2. The van der Waals surface area contributed by atoms with Crippen LogP contribution >= 0.6 is 32.9 Å². The number of amides is 1. The van der Waals surface area contributed by atoms with Crippen LogP contribution in [0.25, 0.3) is 0 Å². The number of unbranched alkanes of at least 4 members (excludes halogenated alkanes) is 1. The normalized spacial score (nSPS) is 11.5. The van der Waals surface area contributed by atoms with E-state index in [9.17, 15) is 4.79 Å². The minimum atomic E-state index is -0.974. The fourth-order valence-electron chi connectivity index (χ4n) is 0.589. The van der Waals surface area contributed by atoms with Crippen LogP contribution < -0.4 is 5.32 Å². The van der Waals surface area contributed by atoms with E-state index in [0.29, 0.717) is 0 Å². The zero-order valence-corrected chi connectivity index (χ0v) is 9.64. The lowest BCUT2D eigenvalue weighted by Crippen LogP contribution is -2.28. The second-order valence-corrected chi connectivity index (χ2v) is 3.16. The molecule has 0 aliphatic heterocycles. The van der Waals surface area contributed by atoms with E-state index in [0.717, 1.165) is 19.3 Å². The van der Waals surface area contributed by atoms with E-state index < -0.39 is 6.09 Å². The van der Waals surface area contributed by atoms with Crippen LogP contribution in [0.1, 0.15) is 26.2 Å². The molecular weight excluding hydrogens is 278 g/mol. The summed E-state index contributed by atoms with van der Waals surface area (Å²) < 4.78 is 0. The Kier molecular flexibility index (Phi) is 10.4. The summed E-state index contributed by atoms with van der Waals surface area (Å²) in [5, 5.41) is 10.6. The van der Waals surface area contributed by atoms with Gasteiger partial charge in [-0.2, -0.15) is 0 Å². The summed E-state index contributed by atoms with van der Waals surface area (Å²) in [6.45, 7) is 2.07. The van der Waals surface area contributed by atoms with Gasteiger partial charge in [-0.3, -0.25) is 0 Å². The molecule has 5 heteroatoms. The largest absolute Gasteiger partial charge is 0.465 e. The third-order valence-electron chi connectivity index (χ3n) is 1.09. The van der Waals surface area contributed by atoms with E-state index in [1.54, 1.807) is 0 Å². The Bertz CT molecular complexity index is 111. The summed E-state index contributed by atoms with van der Waals surface area (Å²) in [4.78, 5) is 9.94. The van der Waals surface area contributed by atoms with Crippen molar-refractivity contribution in [3.63, 3.8) is 0 Å². The third-order valence-corrected chi connectivity index (χ3v) is 1.78. The molecule has 1 amide bonds. The van der Waals surface area contributed by atoms with E-state index in [4.69, 9.17) is 5.11 Å². The first-order valence-corrected chi connectivity index (χ1v) is 4.22. The summed E-state index contributed by atoms with van der Waals surface area (Å²) in [6.07, 6.45) is 2.00. The van der Waals surface area contributed by atoms with Crippen LogP contribution in [-0.2, 0) is 0 Å². The van der Waals surface area contributed by atoms with Crippen LogP contribution in [0, 0.1) is 0 Å². The topological polar surface area (TPSA) is 49.3 Å². The molecular formula is C6H13Br2NO2. The summed E-state index contributed by atoms with van der Waals surface area (Å²) >= 11 is 3.19. The van der Waals surface area contributed by atoms with E-state index in [1.165, 1.54) is 0 Å². The monoisotopic (exact) mass is 289 g/mol. The Labute approximate surface area is 85.4 Å². The van der Waals surface area contributed by atoms with Gasteiger partial charge in [0.2, 0.25) is 0 Å². The molecule has 0 saturated carbocycles. The maximum atomic E-state index is 10.0. The van der Waals surface area contributed by atoms with Crippen LogP contribution in [0.3, 0.4) is 0 Å². The van der Waals surface area contributed by atoms with Crippen LogP contribution in [0.15, 0.2) is 0 Å². The zero-order chi connectivity index (χ0) is 7.98. The van der Waals surface area contributed by atoms with E-state index in [-0.39, 0.29) is 21.9 Å². The van der Waals surface area contributed by atoms with Gasteiger partial charge in [-0.1, -0.05) is 35.7 Å². The van der Waals surface area contributed by atoms with Crippen molar-refractivity contribution in [1.29, 1.82) is 0 Å². The van der Waals surface area contributed by atoms with Crippen molar-refractivity contribution < 1.29 is 9.90 Å². The van der Waals surface area contributed by atoms with Crippen molar-refractivity contribution >= 4 is 39.0 Å². The lowest BCUT2D eigenvalue weighted by Gasteiger charge is -2.07. The van der Waals surface area contributed by atoms with Crippen molar-refractivity contribution in [3.8, 4) is 0 Å². The average molecular weight is 291 g/mol. The fraction of sp³-hybridized carbons (Fsp3) is 0.833. The molecule has 11 heavy (non-hydrogen) atoms. The number of carboxylic acid groups (broad SMARTS) is 1. The lowest BCUT2D eigenvalue weighted by atomic mass is 10.2. The summed E-state index contributed by atoms with van der Waals surface area (Å²) in [6, 6.07) is 0. The van der Waals surface area contributed by atoms with Gasteiger partial charge < -0.3 is 10.4 Å². The van der Waals surface area contributed by atoms with Crippen LogP contribution in [-0.4, -0.2) is 16.2 Å². The fourth-order valence-corrected chi connectivity index (χ4v) is 1.11. The highest BCUT2D eigenvalue weighted by Gasteiger charge is 2.04. The molecule has 3 nitrogen and oxygen atoms in total. The van der Waals surface area contributed by atoms with Gasteiger partial charge in [0, 0.05) is 0 Å². The van der Waals surface area contributed by atoms with E-state index in [2.05, 4.69) is 28.2 Å². The molecule has 0 aromatic rings. The molecule has 0 aromatic carbocycles. The lowest BCUT2D eigenvalue weighted by molar-refractivity contribution is 0.193. The standard InChI is InChI=1S/C6H12BrNO2.BrH/c1-2-3-4-5(7)8-6(9)10;/h5,8H,2-4H2,1H3,(H,9,10);1H. The number of nitrogens with one attached hydrogen (secondary N) is 1. The molecule has 0 fully saturated rings. The first kappa shape index (κ1) is 13.8. The molecule has 0 rings (SSSR count). The van der Waals surface area contributed by atoms with Crippen molar-refractivity contribution in [2.75, 3.05) is 0 Å². The highest BCUT2D eigenvalue weighted by Crippen LogP contribution is 2.05. The first-order chi connectivity index (χ1) is 4.66. The Morgan fingerprint density at radius 1 is 1.73 bits per heavy atom. The van der Waals surface area contributed by atoms with Crippen molar-refractivity contribution in [2.24, 2.45) is 0 Å². The quantitative estimate of drug-likeness (QED) is 0.618. The molecule has 0 saturated heterocycles. The van der Waals surface area contributed by atoms with E-state index in [1.807, 2.05) is 0 Å². The summed E-state index contributed by atoms with van der Waals surface area (Å²) in [5.74, 6) is 0. The molecule has 0 aromatic heterocycles. The van der Waals surface area contributed by atoms with Gasteiger partial charge in [-0.05, 0) is 6.42 Å². The minimum Gasteiger partial charge on any atom is -0.465 e. The molecule has 1 unspecified atom stereocenters. The molecule has 2 N–H and O–H groups in total. The van der Waals surface area contributed by atoms with Gasteiger partial charge in [-0.25, -0.2) is 4.79 Å². The molecule has 0 aliphatic rings. The van der Waals surface area contributed by atoms with Crippen LogP contribution in [0.5, 0.6) is 0 Å². The predicted octanol–water partition coefficient (Wildman–Crippen LogP) is 2.74. The Morgan fingerprint density at radius 2 is 2.27 bits per heavy atom. The molecule has 68 valence electrons. The maximum absolute atomic E-state index is 10.0. The van der Waals surface area contributed by atoms with Crippen molar-refractivity contribution in [3.05, 3.63) is 0 Å². The number of alkyl halides is 1. The second-order valence-electron chi connectivity index (χ2n) is 2.06. The average Bonchev–Trinajstić information content (AvgIpc) is 1.82. The Hall–Kier alpha value is 0.230. The summed E-state index contributed by atoms with van der Waals surface area (Å²) in [7, 11) is 0. The molecule has 0 spiro atoms. The van der Waals surface area contributed by atoms with Gasteiger partial charge >= 0.3 is 6.09 Å². The summed E-state index contributed by atoms with van der Waals surface area (Å²) in [5.41, 5.74) is 0. The highest BCUT2D eigenvalue weighted by atomic mass is 79.9. The molecule has 0 aliphatic carbocycles. The number of carbonyl (C=O) groups is 1. The van der Waals surface area contributed by atoms with Crippen LogP contribution in [0.2, 0.25) is 0 Å². The number of hydrogen-bond donors (Lipinski definition) is 2. The molecule has 0 heterocycles.